The van der Waals surface area contributed by atoms with Crippen molar-refractivity contribution in [3.05, 3.63) is 45.8 Å². The Labute approximate surface area is 113 Å². The molecule has 17 heavy (non-hydrogen) atoms. The number of aromatic nitrogens is 2. The van der Waals surface area contributed by atoms with E-state index in [1.807, 2.05) is 31.2 Å². The molecule has 0 saturated heterocycles. The fraction of sp³-hybridized carbons (Fsp3) is 0.167. The van der Waals surface area contributed by atoms with Crippen molar-refractivity contribution >= 4 is 39.0 Å². The highest BCUT2D eigenvalue weighted by atomic mass is 79.9. The Kier molecular flexibility index (Phi) is 3.97. The molecule has 0 spiro atoms. The lowest BCUT2D eigenvalue weighted by molar-refractivity contribution is 0.943. The van der Waals surface area contributed by atoms with Gasteiger partial charge in [0.25, 0.3) is 0 Å². The van der Waals surface area contributed by atoms with Crippen LogP contribution in [-0.2, 0) is 6.42 Å². The van der Waals surface area contributed by atoms with Crippen molar-refractivity contribution in [3.63, 3.8) is 0 Å². The first-order chi connectivity index (χ1) is 8.17. The molecular weight excluding hydrogens is 302 g/mol. The SMILES string of the molecule is CCc1nc(Cl)cc(Nc2cccc(Br)c2)n1. The molecular formula is C12H11BrClN3. The Morgan fingerprint density at radius 2 is 2.12 bits per heavy atom. The van der Waals surface area contributed by atoms with Gasteiger partial charge in [-0.3, -0.25) is 0 Å². The van der Waals surface area contributed by atoms with E-state index in [0.29, 0.717) is 11.0 Å². The van der Waals surface area contributed by atoms with Crippen LogP contribution in [0.3, 0.4) is 0 Å². The summed E-state index contributed by atoms with van der Waals surface area (Å²) in [4.78, 5) is 8.47. The first kappa shape index (κ1) is 12.3. The number of benzene rings is 1. The normalized spacial score (nSPS) is 10.3. The van der Waals surface area contributed by atoms with Gasteiger partial charge in [-0.1, -0.05) is 40.5 Å². The number of halogens is 2. The summed E-state index contributed by atoms with van der Waals surface area (Å²) < 4.78 is 1.01. The van der Waals surface area contributed by atoms with Crippen molar-refractivity contribution in [2.24, 2.45) is 0 Å². The molecule has 88 valence electrons. The van der Waals surface area contributed by atoms with Gasteiger partial charge in [0.2, 0.25) is 0 Å². The quantitative estimate of drug-likeness (QED) is 0.863. The lowest BCUT2D eigenvalue weighted by Crippen LogP contribution is -1.99. The second-order valence-electron chi connectivity index (χ2n) is 3.48. The Bertz CT molecular complexity index is 531. The largest absolute Gasteiger partial charge is 0.340 e. The van der Waals surface area contributed by atoms with Crippen molar-refractivity contribution in [1.82, 2.24) is 9.97 Å². The molecule has 0 amide bonds. The molecule has 1 heterocycles. The van der Waals surface area contributed by atoms with Crippen LogP contribution in [0.15, 0.2) is 34.8 Å². The minimum Gasteiger partial charge on any atom is -0.340 e. The monoisotopic (exact) mass is 311 g/mol. The van der Waals surface area contributed by atoms with Gasteiger partial charge in [0.15, 0.2) is 0 Å². The van der Waals surface area contributed by atoms with Crippen LogP contribution in [0.5, 0.6) is 0 Å². The zero-order valence-corrected chi connectivity index (χ0v) is 11.6. The Morgan fingerprint density at radius 1 is 1.29 bits per heavy atom. The summed E-state index contributed by atoms with van der Waals surface area (Å²) in [5.41, 5.74) is 0.955. The molecule has 0 radical (unpaired) electrons. The van der Waals surface area contributed by atoms with Gasteiger partial charge < -0.3 is 5.32 Å². The Balaban J connectivity index is 2.26. The molecule has 0 saturated carbocycles. The van der Waals surface area contributed by atoms with Gasteiger partial charge >= 0.3 is 0 Å². The molecule has 1 N–H and O–H groups in total. The molecule has 0 aliphatic heterocycles. The van der Waals surface area contributed by atoms with E-state index in [9.17, 15) is 0 Å². The summed E-state index contributed by atoms with van der Waals surface area (Å²) in [6, 6.07) is 9.57. The number of hydrogen-bond donors (Lipinski definition) is 1. The van der Waals surface area contributed by atoms with Crippen molar-refractivity contribution in [3.8, 4) is 0 Å². The molecule has 2 rings (SSSR count). The van der Waals surface area contributed by atoms with Gasteiger partial charge in [0.05, 0.1) is 0 Å². The summed E-state index contributed by atoms with van der Waals surface area (Å²) in [6.45, 7) is 1.99. The van der Waals surface area contributed by atoms with Gasteiger partial charge in [-0.15, -0.1) is 0 Å². The molecule has 3 nitrogen and oxygen atoms in total. The number of hydrogen-bond acceptors (Lipinski definition) is 3. The van der Waals surface area contributed by atoms with E-state index in [2.05, 4.69) is 31.2 Å². The number of nitrogens with one attached hydrogen (secondary N) is 1. The summed E-state index contributed by atoms with van der Waals surface area (Å²) in [6.07, 6.45) is 0.758. The molecule has 0 aliphatic rings. The molecule has 2 aromatic rings. The highest BCUT2D eigenvalue weighted by Gasteiger charge is 2.02. The number of aryl methyl sites for hydroxylation is 1. The van der Waals surface area contributed by atoms with Crippen LogP contribution in [-0.4, -0.2) is 9.97 Å². The minimum atomic E-state index is 0.453. The molecule has 5 heteroatoms. The van der Waals surface area contributed by atoms with Crippen LogP contribution in [0.1, 0.15) is 12.7 Å². The molecule has 1 aromatic heterocycles. The van der Waals surface area contributed by atoms with Gasteiger partial charge in [-0.2, -0.15) is 0 Å². The highest BCUT2D eigenvalue weighted by Crippen LogP contribution is 2.20. The maximum atomic E-state index is 5.93. The highest BCUT2D eigenvalue weighted by molar-refractivity contribution is 9.10. The summed E-state index contributed by atoms with van der Waals surface area (Å²) >= 11 is 9.35. The van der Waals surface area contributed by atoms with E-state index >= 15 is 0 Å². The van der Waals surface area contributed by atoms with Gasteiger partial charge in [0.1, 0.15) is 16.8 Å². The van der Waals surface area contributed by atoms with Crippen molar-refractivity contribution < 1.29 is 0 Å². The molecule has 0 unspecified atom stereocenters. The molecule has 0 bridgehead atoms. The molecule has 1 aromatic carbocycles. The van der Waals surface area contributed by atoms with Crippen LogP contribution < -0.4 is 5.32 Å². The maximum Gasteiger partial charge on any atom is 0.135 e. The summed E-state index contributed by atoms with van der Waals surface area (Å²) in [5.74, 6) is 1.44. The first-order valence-corrected chi connectivity index (χ1v) is 6.40. The van der Waals surface area contributed by atoms with Crippen LogP contribution in [0.25, 0.3) is 0 Å². The smallest absolute Gasteiger partial charge is 0.135 e. The van der Waals surface area contributed by atoms with E-state index in [-0.39, 0.29) is 0 Å². The van der Waals surface area contributed by atoms with E-state index in [4.69, 9.17) is 11.6 Å². The van der Waals surface area contributed by atoms with E-state index in [0.717, 1.165) is 22.4 Å². The lowest BCUT2D eigenvalue weighted by Gasteiger charge is -2.07. The average Bonchev–Trinajstić information content (AvgIpc) is 2.28. The third-order valence-corrected chi connectivity index (χ3v) is 2.84. The number of rotatable bonds is 3. The van der Waals surface area contributed by atoms with Crippen molar-refractivity contribution in [2.45, 2.75) is 13.3 Å². The predicted molar refractivity (Wildman–Crippen MR) is 73.8 cm³/mol. The lowest BCUT2D eigenvalue weighted by atomic mass is 10.3. The van der Waals surface area contributed by atoms with Crippen LogP contribution in [0, 0.1) is 0 Å². The third kappa shape index (κ3) is 3.41. The Morgan fingerprint density at radius 3 is 2.82 bits per heavy atom. The van der Waals surface area contributed by atoms with Crippen LogP contribution in [0.4, 0.5) is 11.5 Å². The van der Waals surface area contributed by atoms with Crippen molar-refractivity contribution in [2.75, 3.05) is 5.32 Å². The minimum absolute atomic E-state index is 0.453. The van der Waals surface area contributed by atoms with Gasteiger partial charge in [-0.25, -0.2) is 9.97 Å². The second-order valence-corrected chi connectivity index (χ2v) is 4.78. The van der Waals surface area contributed by atoms with Gasteiger partial charge in [-0.05, 0) is 18.2 Å². The van der Waals surface area contributed by atoms with E-state index in [1.54, 1.807) is 6.07 Å². The standard InChI is InChI=1S/C12H11BrClN3/c1-2-11-16-10(14)7-12(17-11)15-9-5-3-4-8(13)6-9/h3-7H,2H2,1H3,(H,15,16,17). The summed E-state index contributed by atoms with van der Waals surface area (Å²) in [5, 5.41) is 3.65. The number of anilines is 2. The Hall–Kier alpha value is -1.13. The second kappa shape index (κ2) is 5.47. The fourth-order valence-electron chi connectivity index (χ4n) is 1.40. The van der Waals surface area contributed by atoms with Crippen molar-refractivity contribution in [1.29, 1.82) is 0 Å². The maximum absolute atomic E-state index is 5.93. The summed E-state index contributed by atoms with van der Waals surface area (Å²) in [7, 11) is 0. The zero-order valence-electron chi connectivity index (χ0n) is 9.24. The first-order valence-electron chi connectivity index (χ1n) is 5.23. The van der Waals surface area contributed by atoms with E-state index in [1.165, 1.54) is 0 Å². The van der Waals surface area contributed by atoms with Crippen LogP contribution >= 0.6 is 27.5 Å². The molecule has 0 atom stereocenters. The average molecular weight is 313 g/mol. The molecule has 0 aliphatic carbocycles. The predicted octanol–water partition coefficient (Wildman–Crippen LogP) is 4.20. The molecule has 0 fully saturated rings. The third-order valence-electron chi connectivity index (χ3n) is 2.15. The fourth-order valence-corrected chi connectivity index (χ4v) is 2.00. The van der Waals surface area contributed by atoms with Crippen LogP contribution in [0.2, 0.25) is 5.15 Å². The number of nitrogens with zero attached hydrogens (tertiary/aromatic N) is 2. The topological polar surface area (TPSA) is 37.8 Å². The zero-order chi connectivity index (χ0) is 12.3. The van der Waals surface area contributed by atoms with Gasteiger partial charge in [0, 0.05) is 22.6 Å². The van der Waals surface area contributed by atoms with E-state index < -0.39 is 0 Å².